The number of nitrogens with zero attached hydrogens (tertiary/aromatic N) is 3. The van der Waals surface area contributed by atoms with E-state index in [0.717, 1.165) is 18.3 Å². The summed E-state index contributed by atoms with van der Waals surface area (Å²) in [5.74, 6) is 3.52. The lowest BCUT2D eigenvalue weighted by molar-refractivity contribution is -0.119. The Labute approximate surface area is 209 Å². The fraction of sp³-hybridized carbons (Fsp3) is 0.320. The minimum atomic E-state index is -1.12. The van der Waals surface area contributed by atoms with Crippen LogP contribution < -0.4 is 11.2 Å². The number of hydrogen-bond donors (Lipinski definition) is 3. The smallest absolute Gasteiger partial charge is 0.233 e. The Balaban J connectivity index is 2.72. The number of anilines is 1. The molecule has 0 aliphatic rings. The summed E-state index contributed by atoms with van der Waals surface area (Å²) >= 11 is 6.09. The Morgan fingerprint density at radius 1 is 1.34 bits per heavy atom. The van der Waals surface area contributed by atoms with Crippen LogP contribution in [0.15, 0.2) is 41.4 Å². The van der Waals surface area contributed by atoms with E-state index < -0.39 is 29.6 Å². The summed E-state index contributed by atoms with van der Waals surface area (Å²) in [6, 6.07) is 9.08. The first-order valence-corrected chi connectivity index (χ1v) is 11.2. The lowest BCUT2D eigenvalue weighted by Crippen LogP contribution is -2.53. The number of hydrogen-bond acceptors (Lipinski definition) is 7. The number of aliphatic imine (C=N–C) groups is 1. The molecule has 4 N–H and O–H groups in total. The van der Waals surface area contributed by atoms with Crippen molar-refractivity contribution in [2.45, 2.75) is 25.8 Å². The van der Waals surface area contributed by atoms with Crippen LogP contribution in [0.1, 0.15) is 41.3 Å². The highest BCUT2D eigenvalue weighted by Gasteiger charge is 2.39. The molecule has 2 aromatic carbocycles. The number of rotatable bonds is 11. The number of nitrogens with two attached hydrogens (primary N) is 1. The van der Waals surface area contributed by atoms with Gasteiger partial charge in [0.15, 0.2) is 0 Å². The third-order valence-corrected chi connectivity index (χ3v) is 5.51. The summed E-state index contributed by atoms with van der Waals surface area (Å²) in [4.78, 5) is 29.7. The molecule has 0 spiro atoms. The lowest BCUT2D eigenvalue weighted by atomic mass is 9.81. The minimum absolute atomic E-state index is 0.0194. The van der Waals surface area contributed by atoms with Crippen LogP contribution in [0.5, 0.6) is 0 Å². The first-order chi connectivity index (χ1) is 16.6. The molecule has 0 aliphatic carbocycles. The summed E-state index contributed by atoms with van der Waals surface area (Å²) in [6.07, 6.45) is 3.09. The number of carbonyl (C=O) groups excluding carboxylic acids is 2. The number of halogens is 2. The van der Waals surface area contributed by atoms with Gasteiger partial charge >= 0.3 is 0 Å². The van der Waals surface area contributed by atoms with E-state index in [9.17, 15) is 19.2 Å². The monoisotopic (exact) mass is 498 g/mol. The molecule has 8 nitrogen and oxygen atoms in total. The van der Waals surface area contributed by atoms with Gasteiger partial charge in [-0.15, -0.1) is 0 Å². The average Bonchev–Trinajstić information content (AvgIpc) is 2.80. The number of nitrogens with one attached hydrogen (secondary N) is 2. The van der Waals surface area contributed by atoms with Gasteiger partial charge in [0.25, 0.3) is 0 Å². The van der Waals surface area contributed by atoms with Gasteiger partial charge in [-0.2, -0.15) is 5.26 Å². The van der Waals surface area contributed by atoms with Crippen molar-refractivity contribution in [3.8, 4) is 6.07 Å². The van der Waals surface area contributed by atoms with Gasteiger partial charge in [-0.05, 0) is 41.8 Å². The van der Waals surface area contributed by atoms with Crippen LogP contribution >= 0.6 is 11.6 Å². The third-order valence-electron chi connectivity index (χ3n) is 5.30. The highest BCUT2D eigenvalue weighted by Crippen LogP contribution is 2.32. The van der Waals surface area contributed by atoms with Crippen molar-refractivity contribution in [1.82, 2.24) is 5.01 Å². The second kappa shape index (κ2) is 12.9. The highest BCUT2D eigenvalue weighted by atomic mass is 35.5. The maximum Gasteiger partial charge on any atom is 0.233 e. The van der Waals surface area contributed by atoms with Gasteiger partial charge in [0.2, 0.25) is 5.91 Å². The van der Waals surface area contributed by atoms with Crippen LogP contribution in [0.4, 0.5) is 10.1 Å². The summed E-state index contributed by atoms with van der Waals surface area (Å²) in [5.41, 5.74) is 0.726. The van der Waals surface area contributed by atoms with Gasteiger partial charge < -0.3 is 15.7 Å². The first-order valence-electron chi connectivity index (χ1n) is 10.9. The number of aldehydes is 1. The van der Waals surface area contributed by atoms with Crippen LogP contribution in [0.3, 0.4) is 0 Å². The maximum absolute atomic E-state index is 14.0. The quantitative estimate of drug-likeness (QED) is 0.186. The summed E-state index contributed by atoms with van der Waals surface area (Å²) in [6.45, 7) is 4.26. The average molecular weight is 499 g/mol. The lowest BCUT2D eigenvalue weighted by Gasteiger charge is -2.37. The number of nitriles is 1. The maximum atomic E-state index is 14.0. The molecule has 0 bridgehead atoms. The van der Waals surface area contributed by atoms with Crippen LogP contribution in [-0.2, 0) is 4.79 Å². The van der Waals surface area contributed by atoms with Gasteiger partial charge in [-0.1, -0.05) is 31.5 Å². The van der Waals surface area contributed by atoms with Gasteiger partial charge in [-0.25, -0.2) is 9.40 Å². The highest BCUT2D eigenvalue weighted by molar-refractivity contribution is 6.31. The first kappa shape index (κ1) is 27.8. The number of hydrazine groups is 1. The molecular formula is C25H28ClFN6O2. The summed E-state index contributed by atoms with van der Waals surface area (Å²) < 4.78 is 14.0. The molecule has 10 heteroatoms. The zero-order valence-corrected chi connectivity index (χ0v) is 20.5. The molecule has 0 saturated carbocycles. The van der Waals surface area contributed by atoms with E-state index in [2.05, 4.69) is 10.3 Å². The zero-order chi connectivity index (χ0) is 26.1. The minimum Gasteiger partial charge on any atom is -0.325 e. The zero-order valence-electron chi connectivity index (χ0n) is 19.7. The normalized spacial score (nSPS) is 13.9. The second-order valence-corrected chi connectivity index (χ2v) is 8.87. The van der Waals surface area contributed by atoms with Crippen molar-refractivity contribution in [3.05, 3.63) is 63.9 Å². The van der Waals surface area contributed by atoms with E-state index >= 15 is 0 Å². The van der Waals surface area contributed by atoms with Crippen LogP contribution in [-0.4, -0.2) is 49.3 Å². The number of carbonyl (C=O) groups is 2. The van der Waals surface area contributed by atoms with E-state index in [1.807, 2.05) is 19.9 Å². The van der Waals surface area contributed by atoms with E-state index in [1.165, 1.54) is 42.5 Å². The SMILES string of the molecule is CN=CC(C=N)C(C(C(=O)Nc1cc(Cl)cc(C#N)c1)c1ccc(F)cc1C=O)N(N)CC(C)C. The van der Waals surface area contributed by atoms with Crippen molar-refractivity contribution in [2.75, 3.05) is 18.9 Å². The van der Waals surface area contributed by atoms with Crippen molar-refractivity contribution < 1.29 is 14.0 Å². The summed E-state index contributed by atoms with van der Waals surface area (Å²) in [5, 5.41) is 21.7. The molecule has 0 aliphatic heterocycles. The fourth-order valence-corrected chi connectivity index (χ4v) is 4.17. The summed E-state index contributed by atoms with van der Waals surface area (Å²) in [7, 11) is 1.54. The third kappa shape index (κ3) is 7.26. The van der Waals surface area contributed by atoms with Gasteiger partial charge in [0, 0.05) is 48.2 Å². The largest absolute Gasteiger partial charge is 0.325 e. The van der Waals surface area contributed by atoms with Gasteiger partial charge in [-0.3, -0.25) is 15.4 Å². The van der Waals surface area contributed by atoms with Crippen LogP contribution in [0.2, 0.25) is 5.02 Å². The Morgan fingerprint density at radius 3 is 2.63 bits per heavy atom. The molecule has 1 amide bonds. The standard InChI is InChI=1S/C25H28ClFN6O2/c1-15(2)13-33(30)24(18(11-29)12-31-3)23(22-5-4-20(27)8-17(22)14-34)25(35)32-21-7-16(10-28)6-19(26)9-21/h4-9,11-12,14-15,18,23-24,29H,13,30H2,1-3H3,(H,32,35). The molecule has 0 fully saturated rings. The molecule has 35 heavy (non-hydrogen) atoms. The van der Waals surface area contributed by atoms with Crippen LogP contribution in [0.25, 0.3) is 0 Å². The molecule has 0 saturated heterocycles. The number of amides is 1. The van der Waals surface area contributed by atoms with Gasteiger partial charge in [0.05, 0.1) is 23.6 Å². The molecule has 0 radical (unpaired) electrons. The van der Waals surface area contributed by atoms with E-state index in [0.29, 0.717) is 12.8 Å². The number of benzene rings is 2. The molecule has 0 heterocycles. The van der Waals surface area contributed by atoms with Crippen molar-refractivity contribution in [2.24, 2.45) is 22.7 Å². The van der Waals surface area contributed by atoms with E-state index in [4.69, 9.17) is 22.9 Å². The Bertz CT molecular complexity index is 1150. The Kier molecular flexibility index (Phi) is 10.2. The topological polar surface area (TPSA) is 135 Å². The van der Waals surface area contributed by atoms with Crippen molar-refractivity contribution >= 4 is 41.9 Å². The van der Waals surface area contributed by atoms with E-state index in [1.54, 1.807) is 0 Å². The fourth-order valence-electron chi connectivity index (χ4n) is 3.94. The molecule has 184 valence electrons. The molecule has 3 unspecified atom stereocenters. The molecule has 0 aromatic heterocycles. The Morgan fingerprint density at radius 2 is 2.06 bits per heavy atom. The van der Waals surface area contributed by atoms with Crippen molar-refractivity contribution in [1.29, 1.82) is 10.7 Å². The van der Waals surface area contributed by atoms with Gasteiger partial charge in [0.1, 0.15) is 12.1 Å². The second-order valence-electron chi connectivity index (χ2n) is 8.43. The van der Waals surface area contributed by atoms with E-state index in [-0.39, 0.29) is 33.3 Å². The Hall–Kier alpha value is -3.45. The predicted octanol–water partition coefficient (Wildman–Crippen LogP) is 4.05. The van der Waals surface area contributed by atoms with Crippen LogP contribution in [0, 0.1) is 34.4 Å². The van der Waals surface area contributed by atoms with Crippen molar-refractivity contribution in [3.63, 3.8) is 0 Å². The molecule has 2 aromatic rings. The molecular weight excluding hydrogens is 471 g/mol. The molecule has 2 rings (SSSR count). The molecule has 3 atom stereocenters. The predicted molar refractivity (Wildman–Crippen MR) is 136 cm³/mol.